The zero-order chi connectivity index (χ0) is 14.2. The number of rotatable bonds is 3. The van der Waals surface area contributed by atoms with Crippen molar-refractivity contribution in [1.29, 1.82) is 0 Å². The summed E-state index contributed by atoms with van der Waals surface area (Å²) in [5, 5.41) is 18.7. The predicted molar refractivity (Wildman–Crippen MR) is 70.6 cm³/mol. The maximum absolute atomic E-state index is 12.1. The van der Waals surface area contributed by atoms with E-state index in [2.05, 4.69) is 6.92 Å². The molecule has 2 aliphatic carbocycles. The minimum atomic E-state index is -0.924. The van der Waals surface area contributed by atoms with Gasteiger partial charge in [-0.05, 0) is 42.9 Å². The Morgan fingerprint density at radius 3 is 2.58 bits per heavy atom. The van der Waals surface area contributed by atoms with Crippen molar-refractivity contribution in [3.8, 4) is 0 Å². The minimum absolute atomic E-state index is 0.0542. The number of ketones is 1. The van der Waals surface area contributed by atoms with Gasteiger partial charge in [-0.1, -0.05) is 13.8 Å². The first-order chi connectivity index (χ1) is 8.92. The van der Waals surface area contributed by atoms with Gasteiger partial charge in [0, 0.05) is 12.3 Å². The molecule has 1 spiro atoms. The summed E-state index contributed by atoms with van der Waals surface area (Å²) < 4.78 is 0. The molecule has 0 radical (unpaired) electrons. The summed E-state index contributed by atoms with van der Waals surface area (Å²) in [6.45, 7) is 3.78. The first kappa shape index (κ1) is 14.5. The van der Waals surface area contributed by atoms with Crippen LogP contribution in [0, 0.1) is 29.1 Å². The van der Waals surface area contributed by atoms with E-state index >= 15 is 0 Å². The Hall–Kier alpha value is -0.900. The maximum Gasteiger partial charge on any atom is 0.309 e. The van der Waals surface area contributed by atoms with E-state index in [9.17, 15) is 19.8 Å². The van der Waals surface area contributed by atoms with Gasteiger partial charge in [0.15, 0.2) is 0 Å². The van der Waals surface area contributed by atoms with E-state index in [1.807, 2.05) is 6.92 Å². The van der Waals surface area contributed by atoms with Gasteiger partial charge in [0.05, 0.1) is 12.5 Å². The Balaban J connectivity index is 2.29. The van der Waals surface area contributed by atoms with E-state index in [4.69, 9.17) is 0 Å². The molecule has 2 aliphatic rings. The summed E-state index contributed by atoms with van der Waals surface area (Å²) in [6, 6.07) is 0. The molecule has 0 aromatic rings. The average molecular weight is 268 g/mol. The number of hydrogen-bond donors (Lipinski definition) is 2. The first-order valence-electron chi connectivity index (χ1n) is 7.28. The molecule has 5 atom stereocenters. The van der Waals surface area contributed by atoms with Gasteiger partial charge >= 0.3 is 5.97 Å². The number of aliphatic carboxylic acids is 1. The van der Waals surface area contributed by atoms with Gasteiger partial charge < -0.3 is 10.2 Å². The van der Waals surface area contributed by atoms with Gasteiger partial charge in [0.1, 0.15) is 5.78 Å². The molecule has 4 nitrogen and oxygen atoms in total. The number of carboxylic acids is 1. The normalized spacial score (nSPS) is 40.6. The van der Waals surface area contributed by atoms with E-state index in [1.54, 1.807) is 0 Å². The number of carbonyl (C=O) groups excluding carboxylic acids is 1. The maximum atomic E-state index is 12.1. The van der Waals surface area contributed by atoms with Crippen LogP contribution in [0.15, 0.2) is 0 Å². The summed E-state index contributed by atoms with van der Waals surface area (Å²) in [5.41, 5.74) is -0.185. The lowest BCUT2D eigenvalue weighted by atomic mass is 9.59. The highest BCUT2D eigenvalue weighted by Crippen LogP contribution is 2.58. The van der Waals surface area contributed by atoms with Crippen LogP contribution < -0.4 is 0 Å². The Bertz CT molecular complexity index is 378. The Morgan fingerprint density at radius 1 is 1.37 bits per heavy atom. The van der Waals surface area contributed by atoms with Crippen LogP contribution in [0.1, 0.15) is 46.0 Å². The van der Waals surface area contributed by atoms with Crippen molar-refractivity contribution in [2.75, 3.05) is 6.61 Å². The quantitative estimate of drug-likeness (QED) is 0.822. The number of aliphatic hydroxyl groups excluding tert-OH is 1. The first-order valence-corrected chi connectivity index (χ1v) is 7.28. The van der Waals surface area contributed by atoms with Crippen molar-refractivity contribution < 1.29 is 19.8 Å². The van der Waals surface area contributed by atoms with Crippen molar-refractivity contribution in [3.63, 3.8) is 0 Å². The van der Waals surface area contributed by atoms with Gasteiger partial charge in [0.2, 0.25) is 0 Å². The molecule has 0 heterocycles. The zero-order valence-electron chi connectivity index (χ0n) is 11.8. The van der Waals surface area contributed by atoms with Crippen LogP contribution in [0.5, 0.6) is 0 Å². The van der Waals surface area contributed by atoms with Gasteiger partial charge in [-0.15, -0.1) is 0 Å². The number of carbonyl (C=O) groups is 2. The standard InChI is InChI=1S/C15H24O4/c1-9-5-6-15(7-13(9)17)10(2)3-4-12(15)11(8-16)14(18)19/h9-12,16H,3-8H2,1-2H3,(H,18,19)/t9-,10+,11-,12-,15-/m0/s1. The molecule has 2 fully saturated rings. The van der Waals surface area contributed by atoms with E-state index < -0.39 is 11.9 Å². The fourth-order valence-corrected chi connectivity index (χ4v) is 4.32. The second-order valence-electron chi connectivity index (χ2n) is 6.53. The number of hydrogen-bond acceptors (Lipinski definition) is 3. The number of carboxylic acid groups (broad SMARTS) is 1. The van der Waals surface area contributed by atoms with Gasteiger partial charge in [-0.2, -0.15) is 0 Å². The molecular weight excluding hydrogens is 244 g/mol. The fraction of sp³-hybridized carbons (Fsp3) is 0.867. The monoisotopic (exact) mass is 268 g/mol. The minimum Gasteiger partial charge on any atom is -0.481 e. The molecule has 2 saturated carbocycles. The number of aliphatic hydroxyl groups is 1. The molecule has 0 aromatic heterocycles. The highest BCUT2D eigenvalue weighted by Gasteiger charge is 2.54. The van der Waals surface area contributed by atoms with Crippen LogP contribution in [0.25, 0.3) is 0 Å². The van der Waals surface area contributed by atoms with Crippen LogP contribution in [0.2, 0.25) is 0 Å². The summed E-state index contributed by atoms with van der Waals surface area (Å²) in [6.07, 6.45) is 4.08. The fourth-order valence-electron chi connectivity index (χ4n) is 4.32. The van der Waals surface area contributed by atoms with Crippen molar-refractivity contribution in [1.82, 2.24) is 0 Å². The zero-order valence-corrected chi connectivity index (χ0v) is 11.8. The van der Waals surface area contributed by atoms with E-state index in [-0.39, 0.29) is 29.6 Å². The lowest BCUT2D eigenvalue weighted by Crippen LogP contribution is -2.44. The Labute approximate surface area is 114 Å². The second-order valence-corrected chi connectivity index (χ2v) is 6.53. The smallest absolute Gasteiger partial charge is 0.309 e. The molecule has 19 heavy (non-hydrogen) atoms. The highest BCUT2D eigenvalue weighted by atomic mass is 16.4. The van der Waals surface area contributed by atoms with E-state index in [0.29, 0.717) is 12.3 Å². The SMILES string of the molecule is C[C@@H]1CC[C@@H]([C@H](CO)C(=O)O)[C@]12CC[C@H](C)C(=O)C2. The van der Waals surface area contributed by atoms with Crippen molar-refractivity contribution in [2.24, 2.45) is 29.1 Å². The summed E-state index contributed by atoms with van der Waals surface area (Å²) in [5.74, 6) is -0.939. The Morgan fingerprint density at radius 2 is 2.05 bits per heavy atom. The Kier molecular flexibility index (Phi) is 4.00. The van der Waals surface area contributed by atoms with Crippen LogP contribution in [-0.2, 0) is 9.59 Å². The molecule has 108 valence electrons. The largest absolute Gasteiger partial charge is 0.481 e. The number of Topliss-reactive ketones (excluding diaryl/α,β-unsaturated/α-hetero) is 1. The predicted octanol–water partition coefficient (Wildman–Crippen LogP) is 2.10. The molecule has 4 heteroatoms. The summed E-state index contributed by atoms with van der Waals surface area (Å²) >= 11 is 0. The van der Waals surface area contributed by atoms with Gasteiger partial charge in [-0.3, -0.25) is 9.59 Å². The molecule has 2 N–H and O–H groups in total. The van der Waals surface area contributed by atoms with E-state index in [0.717, 1.165) is 25.7 Å². The van der Waals surface area contributed by atoms with Crippen molar-refractivity contribution in [2.45, 2.75) is 46.0 Å². The molecule has 0 aromatic carbocycles. The van der Waals surface area contributed by atoms with Crippen LogP contribution in [0.4, 0.5) is 0 Å². The molecular formula is C15H24O4. The van der Waals surface area contributed by atoms with Gasteiger partial charge in [-0.25, -0.2) is 0 Å². The lowest BCUT2D eigenvalue weighted by Gasteiger charge is -2.45. The molecule has 2 rings (SSSR count). The molecule has 0 amide bonds. The third-order valence-corrected chi connectivity index (χ3v) is 5.73. The average Bonchev–Trinajstić information content (AvgIpc) is 2.64. The summed E-state index contributed by atoms with van der Waals surface area (Å²) in [7, 11) is 0. The molecule has 0 bridgehead atoms. The molecule has 0 unspecified atom stereocenters. The molecule has 0 aliphatic heterocycles. The summed E-state index contributed by atoms with van der Waals surface area (Å²) in [4.78, 5) is 23.5. The van der Waals surface area contributed by atoms with Crippen LogP contribution >= 0.6 is 0 Å². The topological polar surface area (TPSA) is 74.6 Å². The lowest BCUT2D eigenvalue weighted by molar-refractivity contribution is -0.150. The third-order valence-electron chi connectivity index (χ3n) is 5.73. The van der Waals surface area contributed by atoms with Gasteiger partial charge in [0.25, 0.3) is 0 Å². The molecule has 0 saturated heterocycles. The highest BCUT2D eigenvalue weighted by molar-refractivity contribution is 5.82. The van der Waals surface area contributed by atoms with Crippen LogP contribution in [-0.4, -0.2) is 28.6 Å². The van der Waals surface area contributed by atoms with Crippen molar-refractivity contribution in [3.05, 3.63) is 0 Å². The van der Waals surface area contributed by atoms with Crippen molar-refractivity contribution >= 4 is 11.8 Å². The van der Waals surface area contributed by atoms with E-state index in [1.165, 1.54) is 0 Å². The third kappa shape index (κ3) is 2.31. The second kappa shape index (κ2) is 5.23. The van der Waals surface area contributed by atoms with Crippen LogP contribution in [0.3, 0.4) is 0 Å².